The van der Waals surface area contributed by atoms with Crippen molar-refractivity contribution in [2.24, 2.45) is 0 Å². The standard InChI is InChI=1S/C23H24O5/c1-23(2,3)19-12-13-21(18(15-19)11-8-14-27-22(25)26-4)28-16-20(24)17-9-6-5-7-10-17/h5-7,9-10,12-13,15H,14,16H2,1-4H3. The molecule has 0 heterocycles. The molecule has 0 saturated heterocycles. The van der Waals surface area contributed by atoms with Gasteiger partial charge >= 0.3 is 6.16 Å². The normalized spacial score (nSPS) is 10.4. The van der Waals surface area contributed by atoms with E-state index >= 15 is 0 Å². The molecular formula is C23H24O5. The number of methoxy groups -OCH3 is 1. The van der Waals surface area contributed by atoms with Gasteiger partial charge in [-0.05, 0) is 23.1 Å². The lowest BCUT2D eigenvalue weighted by molar-refractivity contribution is 0.0832. The monoisotopic (exact) mass is 380 g/mol. The number of benzene rings is 2. The van der Waals surface area contributed by atoms with Crippen LogP contribution in [0, 0.1) is 11.8 Å². The smallest absolute Gasteiger partial charge is 0.484 e. The van der Waals surface area contributed by atoms with Gasteiger partial charge in [-0.25, -0.2) is 4.79 Å². The molecule has 0 bridgehead atoms. The maximum absolute atomic E-state index is 12.3. The summed E-state index contributed by atoms with van der Waals surface area (Å²) in [6, 6.07) is 14.7. The lowest BCUT2D eigenvalue weighted by atomic mass is 9.86. The van der Waals surface area contributed by atoms with Crippen LogP contribution in [-0.4, -0.2) is 32.3 Å². The Morgan fingerprint density at radius 2 is 1.75 bits per heavy atom. The summed E-state index contributed by atoms with van der Waals surface area (Å²) in [7, 11) is 1.23. The van der Waals surface area contributed by atoms with Crippen LogP contribution >= 0.6 is 0 Å². The Kier molecular flexibility index (Phi) is 7.22. The summed E-state index contributed by atoms with van der Waals surface area (Å²) in [6.07, 6.45) is -0.789. The quantitative estimate of drug-likeness (QED) is 0.438. The molecule has 0 aliphatic rings. The van der Waals surface area contributed by atoms with E-state index in [4.69, 9.17) is 9.47 Å². The molecule has 0 saturated carbocycles. The number of rotatable bonds is 5. The van der Waals surface area contributed by atoms with E-state index in [1.807, 2.05) is 36.4 Å². The fourth-order valence-corrected chi connectivity index (χ4v) is 2.36. The second kappa shape index (κ2) is 9.61. The summed E-state index contributed by atoms with van der Waals surface area (Å²) in [5.74, 6) is 6.10. The number of carbonyl (C=O) groups is 2. The summed E-state index contributed by atoms with van der Waals surface area (Å²) in [6.45, 7) is 6.10. The molecule has 0 amide bonds. The zero-order valence-corrected chi connectivity index (χ0v) is 16.6. The molecule has 28 heavy (non-hydrogen) atoms. The van der Waals surface area contributed by atoms with Crippen LogP contribution in [0.4, 0.5) is 4.79 Å². The minimum atomic E-state index is -0.789. The van der Waals surface area contributed by atoms with Crippen LogP contribution in [0.25, 0.3) is 0 Å². The predicted octanol–water partition coefficient (Wildman–Crippen LogP) is 4.38. The van der Waals surface area contributed by atoms with E-state index in [-0.39, 0.29) is 24.4 Å². The van der Waals surface area contributed by atoms with E-state index < -0.39 is 6.16 Å². The van der Waals surface area contributed by atoms with Crippen molar-refractivity contribution in [3.63, 3.8) is 0 Å². The Bertz CT molecular complexity index is 883. The van der Waals surface area contributed by atoms with Gasteiger partial charge in [-0.15, -0.1) is 0 Å². The van der Waals surface area contributed by atoms with Crippen LogP contribution < -0.4 is 4.74 Å². The molecule has 2 rings (SSSR count). The summed E-state index contributed by atoms with van der Waals surface area (Å²) < 4.78 is 14.9. The molecule has 2 aromatic rings. The van der Waals surface area contributed by atoms with Crippen LogP contribution in [0.5, 0.6) is 5.75 Å². The fourth-order valence-electron chi connectivity index (χ4n) is 2.36. The highest BCUT2D eigenvalue weighted by atomic mass is 16.7. The second-order valence-corrected chi connectivity index (χ2v) is 7.08. The van der Waals surface area contributed by atoms with Gasteiger partial charge in [-0.3, -0.25) is 4.79 Å². The molecule has 5 heteroatoms. The maximum Gasteiger partial charge on any atom is 0.508 e. The van der Waals surface area contributed by atoms with E-state index in [9.17, 15) is 9.59 Å². The molecule has 2 aromatic carbocycles. The van der Waals surface area contributed by atoms with Crippen LogP contribution in [0.2, 0.25) is 0 Å². The zero-order chi connectivity index (χ0) is 20.6. The van der Waals surface area contributed by atoms with Gasteiger partial charge in [0.15, 0.2) is 19.0 Å². The van der Waals surface area contributed by atoms with Crippen molar-refractivity contribution in [1.29, 1.82) is 0 Å². The van der Waals surface area contributed by atoms with E-state index in [1.54, 1.807) is 12.1 Å². The van der Waals surface area contributed by atoms with Gasteiger partial charge in [0.05, 0.1) is 12.7 Å². The van der Waals surface area contributed by atoms with Gasteiger partial charge in [-0.1, -0.05) is 69.0 Å². The first-order valence-corrected chi connectivity index (χ1v) is 8.86. The van der Waals surface area contributed by atoms with Crippen molar-refractivity contribution in [2.75, 3.05) is 20.3 Å². The van der Waals surface area contributed by atoms with Crippen molar-refractivity contribution in [3.8, 4) is 17.6 Å². The van der Waals surface area contributed by atoms with Crippen LogP contribution in [0.3, 0.4) is 0 Å². The molecule has 0 unspecified atom stereocenters. The zero-order valence-electron chi connectivity index (χ0n) is 16.6. The summed E-state index contributed by atoms with van der Waals surface area (Å²) in [5, 5.41) is 0. The summed E-state index contributed by atoms with van der Waals surface area (Å²) in [5.41, 5.74) is 2.22. The topological polar surface area (TPSA) is 61.8 Å². The number of ether oxygens (including phenoxy) is 3. The molecule has 0 atom stereocenters. The van der Waals surface area contributed by atoms with E-state index in [0.717, 1.165) is 5.56 Å². The molecule has 0 radical (unpaired) electrons. The summed E-state index contributed by atoms with van der Waals surface area (Å²) in [4.78, 5) is 23.3. The lowest BCUT2D eigenvalue weighted by Crippen LogP contribution is -2.14. The minimum Gasteiger partial charge on any atom is -0.484 e. The Labute approximate surface area is 165 Å². The van der Waals surface area contributed by atoms with Gasteiger partial charge in [0.25, 0.3) is 0 Å². The third-order valence-electron chi connectivity index (χ3n) is 3.95. The lowest BCUT2D eigenvalue weighted by Gasteiger charge is -2.20. The van der Waals surface area contributed by atoms with Crippen molar-refractivity contribution in [2.45, 2.75) is 26.2 Å². The average molecular weight is 380 g/mol. The first-order chi connectivity index (χ1) is 13.3. The third kappa shape index (κ3) is 6.17. The molecular weight excluding hydrogens is 356 g/mol. The van der Waals surface area contributed by atoms with Crippen molar-refractivity contribution >= 4 is 11.9 Å². The van der Waals surface area contributed by atoms with Gasteiger partial charge in [-0.2, -0.15) is 0 Å². The molecule has 0 fully saturated rings. The number of carbonyl (C=O) groups excluding carboxylic acids is 2. The number of hydrogen-bond acceptors (Lipinski definition) is 5. The van der Waals surface area contributed by atoms with Gasteiger partial charge in [0.1, 0.15) is 5.75 Å². The molecule has 146 valence electrons. The molecule has 0 spiro atoms. The Morgan fingerprint density at radius 1 is 1.04 bits per heavy atom. The SMILES string of the molecule is COC(=O)OCC#Cc1cc(C(C)(C)C)ccc1OCC(=O)c1ccccc1. The van der Waals surface area contributed by atoms with E-state index in [1.165, 1.54) is 7.11 Å². The predicted molar refractivity (Wildman–Crippen MR) is 107 cm³/mol. The van der Waals surface area contributed by atoms with Gasteiger partial charge in [0.2, 0.25) is 0 Å². The van der Waals surface area contributed by atoms with Crippen LogP contribution in [0.1, 0.15) is 42.3 Å². The van der Waals surface area contributed by atoms with Crippen LogP contribution in [-0.2, 0) is 14.9 Å². The first-order valence-electron chi connectivity index (χ1n) is 8.86. The molecule has 5 nitrogen and oxygen atoms in total. The minimum absolute atomic E-state index is 0.0721. The third-order valence-corrected chi connectivity index (χ3v) is 3.95. The fraction of sp³-hybridized carbons (Fsp3) is 0.304. The highest BCUT2D eigenvalue weighted by Crippen LogP contribution is 2.27. The van der Waals surface area contributed by atoms with Crippen molar-refractivity contribution < 1.29 is 23.8 Å². The second-order valence-electron chi connectivity index (χ2n) is 7.08. The summed E-state index contributed by atoms with van der Waals surface area (Å²) >= 11 is 0. The van der Waals surface area contributed by atoms with Gasteiger partial charge in [0, 0.05) is 5.56 Å². The highest BCUT2D eigenvalue weighted by Gasteiger charge is 2.16. The van der Waals surface area contributed by atoms with E-state index in [0.29, 0.717) is 16.9 Å². The Hall–Kier alpha value is -3.26. The van der Waals surface area contributed by atoms with E-state index in [2.05, 4.69) is 37.3 Å². The van der Waals surface area contributed by atoms with Crippen LogP contribution in [0.15, 0.2) is 48.5 Å². The van der Waals surface area contributed by atoms with Crippen molar-refractivity contribution in [1.82, 2.24) is 0 Å². The molecule has 0 N–H and O–H groups in total. The Balaban J connectivity index is 2.18. The number of hydrogen-bond donors (Lipinski definition) is 0. The van der Waals surface area contributed by atoms with Crippen molar-refractivity contribution in [3.05, 3.63) is 65.2 Å². The number of ketones is 1. The first kappa shape index (κ1) is 21.0. The Morgan fingerprint density at radius 3 is 2.39 bits per heavy atom. The largest absolute Gasteiger partial charge is 0.508 e. The number of Topliss-reactive ketones (excluding diaryl/α,β-unsaturated/α-hetero) is 1. The molecule has 0 aliphatic carbocycles. The maximum atomic E-state index is 12.3. The average Bonchev–Trinajstić information content (AvgIpc) is 2.69. The molecule has 0 aromatic heterocycles. The molecule has 0 aliphatic heterocycles. The van der Waals surface area contributed by atoms with Gasteiger partial charge < -0.3 is 14.2 Å². The highest BCUT2D eigenvalue weighted by molar-refractivity contribution is 5.97.